The molecular weight excluding hydrogens is 316 g/mol. The fraction of sp³-hybridized carbons (Fsp3) is 0.533. The molecule has 0 radical (unpaired) electrons. The molecule has 2 aliphatic heterocycles. The topological polar surface area (TPSA) is 63.6 Å². The summed E-state index contributed by atoms with van der Waals surface area (Å²) in [5.41, 5.74) is 0.619. The van der Waals surface area contributed by atoms with Crippen molar-refractivity contribution in [3.8, 4) is 10.8 Å². The lowest BCUT2D eigenvalue weighted by molar-refractivity contribution is 0.0908. The standard InChI is InChI=1S/C15H19N4O3S/c1-2-12(23-11-1)13-16-14(18-3-7-20-8-4-18)17-15(22-13)19-5-9-21-10-6-19/h1-2,11H,3-10H2/q+1. The van der Waals surface area contributed by atoms with E-state index in [1.54, 1.807) is 11.3 Å². The number of anilines is 1. The fourth-order valence-corrected chi connectivity index (χ4v) is 3.28. The second-order valence-electron chi connectivity index (χ2n) is 5.39. The highest BCUT2D eigenvalue weighted by molar-refractivity contribution is 7.13. The Balaban J connectivity index is 1.80. The van der Waals surface area contributed by atoms with Gasteiger partial charge in [0.05, 0.1) is 31.3 Å². The Hall–Kier alpha value is -1.77. The smallest absolute Gasteiger partial charge is 0.378 e. The maximum Gasteiger partial charge on any atom is 0.504 e. The summed E-state index contributed by atoms with van der Waals surface area (Å²) in [6, 6.07) is 4.02. The van der Waals surface area contributed by atoms with Gasteiger partial charge in [0.25, 0.3) is 0 Å². The Morgan fingerprint density at radius 3 is 2.57 bits per heavy atom. The molecule has 2 aromatic heterocycles. The highest BCUT2D eigenvalue weighted by Gasteiger charge is 2.23. The van der Waals surface area contributed by atoms with Crippen LogP contribution in [0.1, 0.15) is 0 Å². The first-order chi connectivity index (χ1) is 11.4. The third-order valence-electron chi connectivity index (χ3n) is 3.89. The molecule has 2 saturated heterocycles. The van der Waals surface area contributed by atoms with E-state index in [1.807, 2.05) is 17.5 Å². The van der Waals surface area contributed by atoms with Crippen LogP contribution in [-0.4, -0.2) is 62.6 Å². The van der Waals surface area contributed by atoms with E-state index >= 15 is 0 Å². The molecule has 0 saturated carbocycles. The summed E-state index contributed by atoms with van der Waals surface area (Å²) in [5.74, 6) is 1.34. The van der Waals surface area contributed by atoms with Gasteiger partial charge in [0, 0.05) is 18.1 Å². The number of thiophene rings is 1. The van der Waals surface area contributed by atoms with Gasteiger partial charge in [0.1, 0.15) is 13.1 Å². The van der Waals surface area contributed by atoms with Crippen LogP contribution in [0.4, 0.5) is 5.95 Å². The van der Waals surface area contributed by atoms with Crippen molar-refractivity contribution in [2.24, 2.45) is 0 Å². The van der Waals surface area contributed by atoms with E-state index in [4.69, 9.17) is 13.9 Å². The SMILES string of the molecule is c1csc(-c2nc(N3CCOCC3)nc(=[N+]3CCOCC3)o2)c1. The van der Waals surface area contributed by atoms with Crippen LogP contribution in [0.5, 0.6) is 0 Å². The molecule has 0 bridgehead atoms. The molecule has 0 N–H and O–H groups in total. The molecule has 122 valence electrons. The highest BCUT2D eigenvalue weighted by atomic mass is 32.1. The maximum atomic E-state index is 5.99. The first kappa shape index (κ1) is 14.8. The van der Waals surface area contributed by atoms with Gasteiger partial charge in [-0.05, 0) is 11.4 Å². The molecule has 0 unspecified atom stereocenters. The minimum absolute atomic E-state index is 0.619. The van der Waals surface area contributed by atoms with Gasteiger partial charge in [-0.2, -0.15) is 4.98 Å². The van der Waals surface area contributed by atoms with Crippen LogP contribution in [0.3, 0.4) is 0 Å². The molecule has 0 aromatic carbocycles. The molecule has 7 nitrogen and oxygen atoms in total. The number of nitrogens with zero attached hydrogens (tertiary/aromatic N) is 4. The Morgan fingerprint density at radius 2 is 1.83 bits per heavy atom. The van der Waals surface area contributed by atoms with E-state index in [0.717, 1.165) is 31.1 Å². The van der Waals surface area contributed by atoms with Gasteiger partial charge < -0.3 is 18.8 Å². The zero-order valence-corrected chi connectivity index (χ0v) is 13.6. The molecule has 8 heteroatoms. The third kappa shape index (κ3) is 3.29. The van der Waals surface area contributed by atoms with Crippen LogP contribution in [0.2, 0.25) is 0 Å². The lowest BCUT2D eigenvalue weighted by Crippen LogP contribution is -2.43. The summed E-state index contributed by atoms with van der Waals surface area (Å²) in [6.45, 7) is 5.97. The Kier molecular flexibility index (Phi) is 4.36. The van der Waals surface area contributed by atoms with Crippen LogP contribution < -0.4 is 15.2 Å². The molecule has 2 aliphatic rings. The summed E-state index contributed by atoms with van der Waals surface area (Å²) >= 11 is 1.62. The van der Waals surface area contributed by atoms with Gasteiger partial charge in [-0.25, -0.2) is 4.58 Å². The predicted molar refractivity (Wildman–Crippen MR) is 86.5 cm³/mol. The minimum Gasteiger partial charge on any atom is -0.378 e. The third-order valence-corrected chi connectivity index (χ3v) is 4.75. The van der Waals surface area contributed by atoms with Gasteiger partial charge in [-0.1, -0.05) is 6.07 Å². The van der Waals surface area contributed by atoms with E-state index in [2.05, 4.69) is 19.4 Å². The second-order valence-corrected chi connectivity index (χ2v) is 6.34. The minimum atomic E-state index is 0.619. The van der Waals surface area contributed by atoms with Gasteiger partial charge >= 0.3 is 11.6 Å². The molecule has 0 atom stereocenters. The van der Waals surface area contributed by atoms with Gasteiger partial charge in [0.2, 0.25) is 5.89 Å². The lowest BCUT2D eigenvalue weighted by atomic mass is 10.4. The number of aromatic nitrogens is 2. The number of morpholine rings is 2. The number of hydrogen-bond acceptors (Lipinski definition) is 7. The first-order valence-corrected chi connectivity index (χ1v) is 8.69. The Bertz CT molecular complexity index is 715. The normalized spacial score (nSPS) is 19.1. The van der Waals surface area contributed by atoms with Crippen molar-refractivity contribution < 1.29 is 13.9 Å². The second kappa shape index (κ2) is 6.77. The zero-order chi connectivity index (χ0) is 15.5. The first-order valence-electron chi connectivity index (χ1n) is 7.81. The number of hydrogen-bond donors (Lipinski definition) is 0. The zero-order valence-electron chi connectivity index (χ0n) is 12.8. The average Bonchev–Trinajstić information content (AvgIpc) is 3.18. The van der Waals surface area contributed by atoms with Crippen LogP contribution in [0.15, 0.2) is 21.9 Å². The predicted octanol–water partition coefficient (Wildman–Crippen LogP) is 0.437. The van der Waals surface area contributed by atoms with E-state index in [9.17, 15) is 0 Å². The quantitative estimate of drug-likeness (QED) is 0.742. The molecular formula is C15H19N4O3S+. The summed E-state index contributed by atoms with van der Waals surface area (Å²) in [4.78, 5) is 12.5. The largest absolute Gasteiger partial charge is 0.504 e. The lowest BCUT2D eigenvalue weighted by Gasteiger charge is -2.24. The van der Waals surface area contributed by atoms with Gasteiger partial charge in [-0.15, -0.1) is 11.3 Å². The fourth-order valence-electron chi connectivity index (χ4n) is 2.63. The van der Waals surface area contributed by atoms with Crippen molar-refractivity contribution in [2.75, 3.05) is 57.5 Å². The van der Waals surface area contributed by atoms with E-state index in [1.165, 1.54) is 0 Å². The van der Waals surface area contributed by atoms with Crippen molar-refractivity contribution in [1.82, 2.24) is 14.5 Å². The maximum absolute atomic E-state index is 5.99. The molecule has 0 spiro atoms. The molecule has 0 aliphatic carbocycles. The van der Waals surface area contributed by atoms with E-state index in [-0.39, 0.29) is 0 Å². The molecule has 23 heavy (non-hydrogen) atoms. The van der Waals surface area contributed by atoms with Crippen LogP contribution >= 0.6 is 11.3 Å². The van der Waals surface area contributed by atoms with Crippen LogP contribution in [0, 0.1) is 0 Å². The van der Waals surface area contributed by atoms with E-state index < -0.39 is 0 Å². The van der Waals surface area contributed by atoms with Gasteiger partial charge in [-0.3, -0.25) is 0 Å². The summed E-state index contributed by atoms with van der Waals surface area (Å²) in [6.07, 6.45) is 0. The molecule has 4 heterocycles. The molecule has 4 rings (SSSR count). The summed E-state index contributed by atoms with van der Waals surface area (Å²) in [7, 11) is 0. The van der Waals surface area contributed by atoms with Crippen molar-refractivity contribution in [3.05, 3.63) is 23.2 Å². The highest BCUT2D eigenvalue weighted by Crippen LogP contribution is 2.22. The molecule has 2 aromatic rings. The van der Waals surface area contributed by atoms with Gasteiger partial charge in [0.15, 0.2) is 0 Å². The number of ether oxygens (including phenoxy) is 2. The van der Waals surface area contributed by atoms with E-state index in [0.29, 0.717) is 44.0 Å². The van der Waals surface area contributed by atoms with Crippen molar-refractivity contribution in [3.63, 3.8) is 0 Å². The Morgan fingerprint density at radius 1 is 1.04 bits per heavy atom. The molecule has 2 fully saturated rings. The number of rotatable bonds is 2. The Labute approximate surface area is 137 Å². The van der Waals surface area contributed by atoms with Crippen molar-refractivity contribution in [1.29, 1.82) is 0 Å². The van der Waals surface area contributed by atoms with Crippen molar-refractivity contribution in [2.45, 2.75) is 0 Å². The summed E-state index contributed by atoms with van der Waals surface area (Å²) < 4.78 is 19.0. The average molecular weight is 335 g/mol. The van der Waals surface area contributed by atoms with Crippen LogP contribution in [-0.2, 0) is 9.47 Å². The summed E-state index contributed by atoms with van der Waals surface area (Å²) in [5, 5.41) is 2.02. The molecule has 0 amide bonds. The monoisotopic (exact) mass is 335 g/mol. The van der Waals surface area contributed by atoms with Crippen molar-refractivity contribution >= 4 is 17.3 Å². The van der Waals surface area contributed by atoms with Crippen LogP contribution in [0.25, 0.3) is 10.8 Å².